The summed E-state index contributed by atoms with van der Waals surface area (Å²) in [7, 11) is 0. The zero-order valence-electron chi connectivity index (χ0n) is 11.6. The number of benzene rings is 1. The summed E-state index contributed by atoms with van der Waals surface area (Å²) in [6.45, 7) is 5.12. The van der Waals surface area contributed by atoms with E-state index in [9.17, 15) is 5.11 Å². The minimum atomic E-state index is 0.385. The molecule has 19 heavy (non-hydrogen) atoms. The molecule has 0 aromatic heterocycles. The number of phenols is 1. The molecule has 1 saturated heterocycles. The molecule has 1 aromatic carbocycles. The third kappa shape index (κ3) is 2.63. The first kappa shape index (κ1) is 12.9. The Morgan fingerprint density at radius 3 is 3.16 bits per heavy atom. The molecule has 2 unspecified atom stereocenters. The van der Waals surface area contributed by atoms with Crippen molar-refractivity contribution < 1.29 is 9.84 Å². The lowest BCUT2D eigenvalue weighted by Gasteiger charge is -2.40. The molecule has 0 spiro atoms. The van der Waals surface area contributed by atoms with E-state index in [0.717, 1.165) is 32.5 Å². The summed E-state index contributed by atoms with van der Waals surface area (Å²) in [5, 5.41) is 9.63. The molecule has 3 heteroatoms. The number of nitrogens with zero attached hydrogens (tertiary/aromatic N) is 1. The van der Waals surface area contributed by atoms with Gasteiger partial charge in [-0.1, -0.05) is 13.0 Å². The molecule has 1 N–H and O–H groups in total. The van der Waals surface area contributed by atoms with E-state index < -0.39 is 0 Å². The molecule has 1 heterocycles. The van der Waals surface area contributed by atoms with Gasteiger partial charge in [-0.2, -0.15) is 0 Å². The lowest BCUT2D eigenvalue weighted by molar-refractivity contribution is -0.0472. The summed E-state index contributed by atoms with van der Waals surface area (Å²) in [5.41, 5.74) is 2.75. The SMILES string of the molecule is CCC1CN(C2CCCc3cc(O)ccc32)CCO1. The van der Waals surface area contributed by atoms with E-state index in [2.05, 4.69) is 17.9 Å². The van der Waals surface area contributed by atoms with Crippen molar-refractivity contribution in [3.8, 4) is 5.75 Å². The monoisotopic (exact) mass is 261 g/mol. The summed E-state index contributed by atoms with van der Waals surface area (Å²) in [6.07, 6.45) is 5.02. The molecular formula is C16H23NO2. The van der Waals surface area contributed by atoms with Gasteiger partial charge in [-0.25, -0.2) is 0 Å². The highest BCUT2D eigenvalue weighted by atomic mass is 16.5. The Morgan fingerprint density at radius 2 is 2.32 bits per heavy atom. The van der Waals surface area contributed by atoms with Crippen LogP contribution in [0.2, 0.25) is 0 Å². The van der Waals surface area contributed by atoms with Gasteiger partial charge in [-0.15, -0.1) is 0 Å². The third-order valence-electron chi connectivity index (χ3n) is 4.48. The zero-order chi connectivity index (χ0) is 13.2. The summed E-state index contributed by atoms with van der Waals surface area (Å²) in [6, 6.07) is 6.40. The van der Waals surface area contributed by atoms with E-state index in [1.54, 1.807) is 0 Å². The molecule has 1 fully saturated rings. The second-order valence-corrected chi connectivity index (χ2v) is 5.69. The highest BCUT2D eigenvalue weighted by Gasteiger charge is 2.29. The fourth-order valence-corrected chi connectivity index (χ4v) is 3.43. The molecular weight excluding hydrogens is 238 g/mol. The number of rotatable bonds is 2. The molecule has 3 rings (SSSR count). The minimum absolute atomic E-state index is 0.385. The lowest BCUT2D eigenvalue weighted by atomic mass is 9.86. The predicted molar refractivity (Wildman–Crippen MR) is 75.4 cm³/mol. The molecule has 104 valence electrons. The van der Waals surface area contributed by atoms with Gasteiger partial charge in [0.1, 0.15) is 5.75 Å². The molecule has 1 aliphatic heterocycles. The summed E-state index contributed by atoms with van der Waals surface area (Å²) in [4.78, 5) is 2.58. The minimum Gasteiger partial charge on any atom is -0.508 e. The van der Waals surface area contributed by atoms with E-state index in [1.807, 2.05) is 12.1 Å². The number of morpholine rings is 1. The second-order valence-electron chi connectivity index (χ2n) is 5.69. The van der Waals surface area contributed by atoms with Gasteiger partial charge in [0.05, 0.1) is 12.7 Å². The van der Waals surface area contributed by atoms with E-state index in [-0.39, 0.29) is 0 Å². The number of ether oxygens (including phenoxy) is 1. The van der Waals surface area contributed by atoms with Crippen molar-refractivity contribution in [2.75, 3.05) is 19.7 Å². The first-order chi connectivity index (χ1) is 9.28. The standard InChI is InChI=1S/C16H23NO2/c1-2-14-11-17(8-9-19-14)16-5-3-4-12-10-13(18)6-7-15(12)16/h6-7,10,14,16,18H,2-5,8-9,11H2,1H3. The molecule has 0 radical (unpaired) electrons. The average molecular weight is 261 g/mol. The first-order valence-corrected chi connectivity index (χ1v) is 7.45. The van der Waals surface area contributed by atoms with Crippen LogP contribution in [0.15, 0.2) is 18.2 Å². The van der Waals surface area contributed by atoms with Crippen molar-refractivity contribution in [3.05, 3.63) is 29.3 Å². The van der Waals surface area contributed by atoms with Gasteiger partial charge >= 0.3 is 0 Å². The Hall–Kier alpha value is -1.06. The zero-order valence-corrected chi connectivity index (χ0v) is 11.6. The molecule has 2 atom stereocenters. The molecule has 1 aromatic rings. The fraction of sp³-hybridized carbons (Fsp3) is 0.625. The van der Waals surface area contributed by atoms with Crippen LogP contribution in [0.5, 0.6) is 5.75 Å². The maximum atomic E-state index is 9.63. The molecule has 0 amide bonds. The van der Waals surface area contributed by atoms with Crippen molar-refractivity contribution in [2.45, 2.75) is 44.8 Å². The lowest BCUT2D eigenvalue weighted by Crippen LogP contribution is -2.44. The second kappa shape index (κ2) is 5.51. The predicted octanol–water partition coefficient (Wildman–Crippen LogP) is 2.88. The smallest absolute Gasteiger partial charge is 0.115 e. The van der Waals surface area contributed by atoms with Gasteiger partial charge in [-0.3, -0.25) is 4.90 Å². The van der Waals surface area contributed by atoms with Gasteiger partial charge in [0, 0.05) is 19.1 Å². The van der Waals surface area contributed by atoms with Crippen LogP contribution in [0.4, 0.5) is 0 Å². The Kier molecular flexibility index (Phi) is 3.76. The number of aryl methyl sites for hydroxylation is 1. The molecule has 2 aliphatic rings. The highest BCUT2D eigenvalue weighted by Crippen LogP contribution is 2.36. The first-order valence-electron chi connectivity index (χ1n) is 7.45. The maximum Gasteiger partial charge on any atom is 0.115 e. The fourth-order valence-electron chi connectivity index (χ4n) is 3.43. The summed E-state index contributed by atoms with van der Waals surface area (Å²) < 4.78 is 5.77. The van der Waals surface area contributed by atoms with Crippen molar-refractivity contribution in [1.82, 2.24) is 4.90 Å². The molecule has 0 saturated carbocycles. The number of phenolic OH excluding ortho intramolecular Hbond substituents is 1. The van der Waals surface area contributed by atoms with Crippen LogP contribution in [0.1, 0.15) is 43.4 Å². The number of hydrogen-bond acceptors (Lipinski definition) is 3. The van der Waals surface area contributed by atoms with E-state index in [0.29, 0.717) is 17.9 Å². The van der Waals surface area contributed by atoms with E-state index in [1.165, 1.54) is 24.0 Å². The van der Waals surface area contributed by atoms with Crippen molar-refractivity contribution >= 4 is 0 Å². The van der Waals surface area contributed by atoms with Crippen LogP contribution in [0, 0.1) is 0 Å². The van der Waals surface area contributed by atoms with Gasteiger partial charge in [0.15, 0.2) is 0 Å². The van der Waals surface area contributed by atoms with Gasteiger partial charge in [-0.05, 0) is 48.9 Å². The topological polar surface area (TPSA) is 32.7 Å². The Balaban J connectivity index is 1.83. The van der Waals surface area contributed by atoms with Crippen molar-refractivity contribution in [3.63, 3.8) is 0 Å². The number of hydrogen-bond donors (Lipinski definition) is 1. The Labute approximate surface area is 115 Å². The van der Waals surface area contributed by atoms with Crippen LogP contribution < -0.4 is 0 Å². The molecule has 3 nitrogen and oxygen atoms in total. The van der Waals surface area contributed by atoms with E-state index >= 15 is 0 Å². The van der Waals surface area contributed by atoms with Gasteiger partial charge < -0.3 is 9.84 Å². The summed E-state index contributed by atoms with van der Waals surface area (Å²) in [5.74, 6) is 0.396. The normalized spacial score (nSPS) is 28.1. The number of aromatic hydroxyl groups is 1. The maximum absolute atomic E-state index is 9.63. The average Bonchev–Trinajstić information content (AvgIpc) is 2.46. The van der Waals surface area contributed by atoms with Crippen LogP contribution in [-0.4, -0.2) is 35.8 Å². The summed E-state index contributed by atoms with van der Waals surface area (Å²) >= 11 is 0. The number of fused-ring (bicyclic) bond motifs is 1. The Morgan fingerprint density at radius 1 is 1.42 bits per heavy atom. The highest BCUT2D eigenvalue weighted by molar-refractivity contribution is 5.38. The largest absolute Gasteiger partial charge is 0.508 e. The molecule has 1 aliphatic carbocycles. The molecule has 0 bridgehead atoms. The van der Waals surface area contributed by atoms with Crippen LogP contribution >= 0.6 is 0 Å². The quantitative estimate of drug-likeness (QED) is 0.888. The van der Waals surface area contributed by atoms with Crippen LogP contribution in [-0.2, 0) is 11.2 Å². The van der Waals surface area contributed by atoms with Crippen LogP contribution in [0.3, 0.4) is 0 Å². The van der Waals surface area contributed by atoms with Crippen LogP contribution in [0.25, 0.3) is 0 Å². The van der Waals surface area contributed by atoms with Crippen molar-refractivity contribution in [1.29, 1.82) is 0 Å². The third-order valence-corrected chi connectivity index (χ3v) is 4.48. The van der Waals surface area contributed by atoms with Crippen molar-refractivity contribution in [2.24, 2.45) is 0 Å². The van der Waals surface area contributed by atoms with Gasteiger partial charge in [0.25, 0.3) is 0 Å². The van der Waals surface area contributed by atoms with E-state index in [4.69, 9.17) is 4.74 Å². The van der Waals surface area contributed by atoms with Gasteiger partial charge in [0.2, 0.25) is 0 Å². The Bertz CT molecular complexity index is 446.